The lowest BCUT2D eigenvalue weighted by molar-refractivity contribution is -0.384. The molecule has 7 heteroatoms. The van der Waals surface area contributed by atoms with E-state index in [1.165, 1.54) is 23.5 Å². The molecule has 0 spiro atoms. The Hall–Kier alpha value is -2.28. The molecule has 1 amide bonds. The maximum Gasteiger partial charge on any atom is 0.269 e. The number of nitrogens with zero attached hydrogens (tertiary/aromatic N) is 2. The van der Waals surface area contributed by atoms with Crippen LogP contribution in [0.25, 0.3) is 11.3 Å². The molecule has 24 heavy (non-hydrogen) atoms. The van der Waals surface area contributed by atoms with E-state index in [0.29, 0.717) is 19.4 Å². The zero-order chi connectivity index (χ0) is 17.4. The molecule has 2 aromatic rings. The van der Waals surface area contributed by atoms with Crippen molar-refractivity contribution in [1.82, 2.24) is 10.3 Å². The molecule has 0 radical (unpaired) electrons. The summed E-state index contributed by atoms with van der Waals surface area (Å²) in [5.41, 5.74) is 1.73. The van der Waals surface area contributed by atoms with E-state index in [4.69, 9.17) is 0 Å². The Balaban J connectivity index is 1.82. The van der Waals surface area contributed by atoms with Gasteiger partial charge in [-0.05, 0) is 18.6 Å². The van der Waals surface area contributed by atoms with Crippen LogP contribution in [0.5, 0.6) is 0 Å². The summed E-state index contributed by atoms with van der Waals surface area (Å²) in [5, 5.41) is 16.5. The Kier molecular flexibility index (Phi) is 6.87. The lowest BCUT2D eigenvalue weighted by Crippen LogP contribution is -2.25. The van der Waals surface area contributed by atoms with E-state index in [1.54, 1.807) is 12.1 Å². The quantitative estimate of drug-likeness (QED) is 0.423. The number of thiazole rings is 1. The maximum absolute atomic E-state index is 11.6. The highest BCUT2D eigenvalue weighted by atomic mass is 32.1. The predicted octanol–water partition coefficient (Wildman–Crippen LogP) is 3.96. The zero-order valence-corrected chi connectivity index (χ0v) is 14.5. The lowest BCUT2D eigenvalue weighted by Gasteiger charge is -2.03. The van der Waals surface area contributed by atoms with Gasteiger partial charge >= 0.3 is 0 Å². The third-order valence-corrected chi connectivity index (χ3v) is 4.50. The monoisotopic (exact) mass is 347 g/mol. The summed E-state index contributed by atoms with van der Waals surface area (Å²) in [7, 11) is 0. The zero-order valence-electron chi connectivity index (χ0n) is 13.7. The van der Waals surface area contributed by atoms with Gasteiger partial charge in [0.05, 0.1) is 15.6 Å². The van der Waals surface area contributed by atoms with Crippen molar-refractivity contribution < 1.29 is 9.72 Å². The van der Waals surface area contributed by atoms with Crippen LogP contribution in [-0.2, 0) is 11.2 Å². The first-order chi connectivity index (χ1) is 11.6. The van der Waals surface area contributed by atoms with Crippen LogP contribution in [0.15, 0.2) is 29.6 Å². The van der Waals surface area contributed by atoms with Gasteiger partial charge in [-0.2, -0.15) is 0 Å². The highest BCUT2D eigenvalue weighted by molar-refractivity contribution is 7.09. The SMILES string of the molecule is CCCCCC(=O)NCCc1nc(-c2ccc([N+](=O)[O-])cc2)cs1. The molecule has 0 saturated carbocycles. The highest BCUT2D eigenvalue weighted by Crippen LogP contribution is 2.24. The molecule has 1 aromatic carbocycles. The molecule has 0 bridgehead atoms. The molecule has 1 N–H and O–H groups in total. The predicted molar refractivity (Wildman–Crippen MR) is 95.1 cm³/mol. The van der Waals surface area contributed by atoms with Gasteiger partial charge in [0.1, 0.15) is 0 Å². The van der Waals surface area contributed by atoms with Crippen LogP contribution in [0.4, 0.5) is 5.69 Å². The Morgan fingerprint density at radius 2 is 2.04 bits per heavy atom. The average molecular weight is 347 g/mol. The van der Waals surface area contributed by atoms with E-state index in [-0.39, 0.29) is 11.6 Å². The maximum atomic E-state index is 11.6. The lowest BCUT2D eigenvalue weighted by atomic mass is 10.1. The fourth-order valence-corrected chi connectivity index (χ4v) is 3.05. The van der Waals surface area contributed by atoms with Crippen LogP contribution in [-0.4, -0.2) is 22.4 Å². The normalized spacial score (nSPS) is 10.5. The van der Waals surface area contributed by atoms with Crippen molar-refractivity contribution in [3.8, 4) is 11.3 Å². The Morgan fingerprint density at radius 1 is 1.29 bits per heavy atom. The number of non-ortho nitro benzene ring substituents is 1. The molecule has 0 fully saturated rings. The van der Waals surface area contributed by atoms with Gasteiger partial charge in [-0.25, -0.2) is 4.98 Å². The van der Waals surface area contributed by atoms with Crippen molar-refractivity contribution >= 4 is 22.9 Å². The van der Waals surface area contributed by atoms with Crippen LogP contribution in [0.1, 0.15) is 37.6 Å². The highest BCUT2D eigenvalue weighted by Gasteiger charge is 2.08. The first-order valence-corrected chi connectivity index (χ1v) is 8.94. The number of nitrogens with one attached hydrogen (secondary N) is 1. The van der Waals surface area contributed by atoms with Gasteiger partial charge in [-0.15, -0.1) is 11.3 Å². The van der Waals surface area contributed by atoms with Crippen molar-refractivity contribution in [2.45, 2.75) is 39.0 Å². The minimum absolute atomic E-state index is 0.0694. The summed E-state index contributed by atoms with van der Waals surface area (Å²) >= 11 is 1.53. The fraction of sp³-hybridized carbons (Fsp3) is 0.412. The number of nitro benzene ring substituents is 1. The molecular formula is C17H21N3O3S. The van der Waals surface area contributed by atoms with Gasteiger partial charge in [0.2, 0.25) is 5.91 Å². The second-order valence-corrected chi connectivity index (χ2v) is 6.43. The summed E-state index contributed by atoms with van der Waals surface area (Å²) in [6, 6.07) is 6.36. The van der Waals surface area contributed by atoms with Gasteiger partial charge in [-0.1, -0.05) is 19.8 Å². The third-order valence-electron chi connectivity index (χ3n) is 3.59. The van der Waals surface area contributed by atoms with Crippen LogP contribution in [0.3, 0.4) is 0 Å². The topological polar surface area (TPSA) is 85.1 Å². The van der Waals surface area contributed by atoms with Crippen LogP contribution < -0.4 is 5.32 Å². The van der Waals surface area contributed by atoms with E-state index in [9.17, 15) is 14.9 Å². The number of hydrogen-bond donors (Lipinski definition) is 1. The number of unbranched alkanes of at least 4 members (excludes halogenated alkanes) is 2. The van der Waals surface area contributed by atoms with Crippen LogP contribution in [0.2, 0.25) is 0 Å². The molecule has 0 aliphatic heterocycles. The standard InChI is InChI=1S/C17H21N3O3S/c1-2-3-4-5-16(21)18-11-10-17-19-15(12-24-17)13-6-8-14(9-7-13)20(22)23/h6-9,12H,2-5,10-11H2,1H3,(H,18,21). The third kappa shape index (κ3) is 5.42. The van der Waals surface area contributed by atoms with Gasteiger partial charge in [0.15, 0.2) is 0 Å². The summed E-state index contributed by atoms with van der Waals surface area (Å²) in [5.74, 6) is 0.0931. The Labute approximate surface area is 145 Å². The average Bonchev–Trinajstić information content (AvgIpc) is 3.04. The second kappa shape index (κ2) is 9.12. The number of nitro groups is 1. The number of hydrogen-bond acceptors (Lipinski definition) is 5. The fourth-order valence-electron chi connectivity index (χ4n) is 2.25. The van der Waals surface area contributed by atoms with Gasteiger partial charge in [-0.3, -0.25) is 14.9 Å². The smallest absolute Gasteiger partial charge is 0.269 e. The molecule has 0 aliphatic carbocycles. The first-order valence-electron chi connectivity index (χ1n) is 8.06. The molecule has 1 aromatic heterocycles. The van der Waals surface area contributed by atoms with Crippen molar-refractivity contribution in [2.24, 2.45) is 0 Å². The van der Waals surface area contributed by atoms with Gasteiger partial charge in [0, 0.05) is 42.5 Å². The van der Waals surface area contributed by atoms with Crippen molar-refractivity contribution in [1.29, 1.82) is 0 Å². The minimum Gasteiger partial charge on any atom is -0.356 e. The van der Waals surface area contributed by atoms with Gasteiger partial charge in [0.25, 0.3) is 5.69 Å². The molecule has 128 valence electrons. The molecule has 2 rings (SSSR count). The first kappa shape index (κ1) is 18.1. The van der Waals surface area contributed by atoms with Crippen molar-refractivity contribution in [2.75, 3.05) is 6.54 Å². The number of carbonyl (C=O) groups excluding carboxylic acids is 1. The van der Waals surface area contributed by atoms with E-state index >= 15 is 0 Å². The summed E-state index contributed by atoms with van der Waals surface area (Å²) < 4.78 is 0. The molecule has 1 heterocycles. The molecule has 0 saturated heterocycles. The number of amides is 1. The molecule has 6 nitrogen and oxygen atoms in total. The molecular weight excluding hydrogens is 326 g/mol. The van der Waals surface area contributed by atoms with E-state index in [0.717, 1.165) is 35.5 Å². The van der Waals surface area contributed by atoms with Crippen molar-refractivity contribution in [3.05, 3.63) is 44.8 Å². The van der Waals surface area contributed by atoms with Crippen LogP contribution in [0, 0.1) is 10.1 Å². The number of rotatable bonds is 9. The number of benzene rings is 1. The summed E-state index contributed by atoms with van der Waals surface area (Å²) in [4.78, 5) is 26.4. The largest absolute Gasteiger partial charge is 0.356 e. The van der Waals surface area contributed by atoms with E-state index in [2.05, 4.69) is 17.2 Å². The van der Waals surface area contributed by atoms with Crippen LogP contribution >= 0.6 is 11.3 Å². The Morgan fingerprint density at radius 3 is 2.71 bits per heavy atom. The molecule has 0 aliphatic rings. The van der Waals surface area contributed by atoms with Gasteiger partial charge < -0.3 is 5.32 Å². The molecule has 0 unspecified atom stereocenters. The number of aromatic nitrogens is 1. The van der Waals surface area contributed by atoms with Crippen molar-refractivity contribution in [3.63, 3.8) is 0 Å². The second-order valence-electron chi connectivity index (χ2n) is 5.49. The van der Waals surface area contributed by atoms with E-state index < -0.39 is 4.92 Å². The Bertz CT molecular complexity index is 683. The summed E-state index contributed by atoms with van der Waals surface area (Å²) in [6.45, 7) is 2.70. The van der Waals surface area contributed by atoms with E-state index in [1.807, 2.05) is 5.38 Å². The number of carbonyl (C=O) groups is 1. The summed E-state index contributed by atoms with van der Waals surface area (Å²) in [6.07, 6.45) is 4.40. The minimum atomic E-state index is -0.417. The molecule has 0 atom stereocenters.